The molecule has 0 aliphatic heterocycles. The van der Waals surface area contributed by atoms with Crippen LogP contribution in [-0.4, -0.2) is 19.1 Å². The van der Waals surface area contributed by atoms with Gasteiger partial charge < -0.3 is 15.8 Å². The maximum absolute atomic E-state index is 12.2. The van der Waals surface area contributed by atoms with Crippen LogP contribution in [0.15, 0.2) is 54.6 Å². The fourth-order valence-corrected chi connectivity index (χ4v) is 2.22. The SMILES string of the molecule is NC(=O)C[NH2+][C@@H](c1ccccc1)c1ccc(OC(F)F)cc1. The summed E-state index contributed by atoms with van der Waals surface area (Å²) in [6.07, 6.45) is 0. The molecule has 1 atom stereocenters. The van der Waals surface area contributed by atoms with Crippen molar-refractivity contribution in [3.8, 4) is 5.75 Å². The summed E-state index contributed by atoms with van der Waals surface area (Å²) in [5.74, 6) is -0.320. The molecule has 6 heteroatoms. The number of carbonyl (C=O) groups excluding carboxylic acids is 1. The first-order valence-corrected chi connectivity index (χ1v) is 6.77. The van der Waals surface area contributed by atoms with Crippen LogP contribution in [0.3, 0.4) is 0 Å². The molecule has 0 fully saturated rings. The maximum Gasteiger partial charge on any atom is 0.387 e. The lowest BCUT2D eigenvalue weighted by atomic mass is 9.98. The summed E-state index contributed by atoms with van der Waals surface area (Å²) in [5, 5.41) is 1.81. The van der Waals surface area contributed by atoms with Crippen molar-refractivity contribution < 1.29 is 23.6 Å². The Morgan fingerprint density at radius 2 is 1.64 bits per heavy atom. The van der Waals surface area contributed by atoms with E-state index in [4.69, 9.17) is 5.73 Å². The molecule has 0 saturated heterocycles. The van der Waals surface area contributed by atoms with Gasteiger partial charge in [0.05, 0.1) is 0 Å². The van der Waals surface area contributed by atoms with Gasteiger partial charge in [0.15, 0.2) is 6.54 Å². The largest absolute Gasteiger partial charge is 0.435 e. The average molecular weight is 307 g/mol. The molecule has 4 N–H and O–H groups in total. The van der Waals surface area contributed by atoms with E-state index in [1.165, 1.54) is 12.1 Å². The summed E-state index contributed by atoms with van der Waals surface area (Å²) in [7, 11) is 0. The van der Waals surface area contributed by atoms with Gasteiger partial charge in [-0.1, -0.05) is 30.3 Å². The zero-order valence-electron chi connectivity index (χ0n) is 11.8. The molecule has 2 aromatic carbocycles. The van der Waals surface area contributed by atoms with E-state index in [2.05, 4.69) is 4.74 Å². The quantitative estimate of drug-likeness (QED) is 0.812. The second-order valence-corrected chi connectivity index (χ2v) is 4.74. The molecule has 116 valence electrons. The highest BCUT2D eigenvalue weighted by atomic mass is 19.3. The predicted molar refractivity (Wildman–Crippen MR) is 77.3 cm³/mol. The van der Waals surface area contributed by atoms with E-state index in [1.807, 2.05) is 30.3 Å². The monoisotopic (exact) mass is 307 g/mol. The Bertz CT molecular complexity index is 603. The Balaban J connectivity index is 2.22. The molecular weight excluding hydrogens is 290 g/mol. The van der Waals surface area contributed by atoms with Crippen molar-refractivity contribution in [2.75, 3.05) is 6.54 Å². The molecule has 0 heterocycles. The van der Waals surface area contributed by atoms with Crippen LogP contribution in [0, 0.1) is 0 Å². The second kappa shape index (κ2) is 7.51. The number of quaternary nitrogens is 1. The number of amides is 1. The predicted octanol–water partition coefficient (Wildman–Crippen LogP) is 1.43. The first-order chi connectivity index (χ1) is 10.6. The van der Waals surface area contributed by atoms with Crippen molar-refractivity contribution in [1.82, 2.24) is 0 Å². The molecule has 0 aromatic heterocycles. The summed E-state index contributed by atoms with van der Waals surface area (Å²) >= 11 is 0. The van der Waals surface area contributed by atoms with Crippen LogP contribution in [0.4, 0.5) is 8.78 Å². The highest BCUT2D eigenvalue weighted by Gasteiger charge is 2.18. The molecule has 0 saturated carbocycles. The number of hydrogen-bond donors (Lipinski definition) is 2. The molecule has 22 heavy (non-hydrogen) atoms. The highest BCUT2D eigenvalue weighted by molar-refractivity contribution is 5.74. The van der Waals surface area contributed by atoms with E-state index < -0.39 is 12.5 Å². The minimum Gasteiger partial charge on any atom is -0.435 e. The first kappa shape index (κ1) is 15.9. The minimum absolute atomic E-state index is 0.0977. The van der Waals surface area contributed by atoms with E-state index in [0.717, 1.165) is 11.1 Å². The second-order valence-electron chi connectivity index (χ2n) is 4.74. The van der Waals surface area contributed by atoms with E-state index in [0.29, 0.717) is 0 Å². The zero-order valence-corrected chi connectivity index (χ0v) is 11.8. The van der Waals surface area contributed by atoms with Gasteiger partial charge in [-0.2, -0.15) is 8.78 Å². The van der Waals surface area contributed by atoms with E-state index in [1.54, 1.807) is 17.4 Å². The van der Waals surface area contributed by atoms with Crippen LogP contribution < -0.4 is 15.8 Å². The number of nitrogens with two attached hydrogens (primary N) is 2. The minimum atomic E-state index is -2.85. The zero-order chi connectivity index (χ0) is 15.9. The van der Waals surface area contributed by atoms with E-state index in [-0.39, 0.29) is 18.3 Å². The van der Waals surface area contributed by atoms with Crippen molar-refractivity contribution in [3.05, 3.63) is 65.7 Å². The average Bonchev–Trinajstić information content (AvgIpc) is 2.49. The Labute approximate surface area is 126 Å². The van der Waals surface area contributed by atoms with Crippen LogP contribution in [0.1, 0.15) is 17.2 Å². The van der Waals surface area contributed by atoms with Crippen LogP contribution in [-0.2, 0) is 4.79 Å². The third-order valence-corrected chi connectivity index (χ3v) is 3.18. The lowest BCUT2D eigenvalue weighted by Gasteiger charge is -2.16. The number of alkyl halides is 2. The Morgan fingerprint density at radius 3 is 2.18 bits per heavy atom. The number of benzene rings is 2. The fraction of sp³-hybridized carbons (Fsp3) is 0.188. The summed E-state index contributed by atoms with van der Waals surface area (Å²) in [6, 6.07) is 15.8. The Kier molecular flexibility index (Phi) is 5.43. The molecule has 4 nitrogen and oxygen atoms in total. The standard InChI is InChI=1S/C16H16F2N2O2/c17-16(18)22-13-8-6-12(7-9-13)15(20-10-14(19)21)11-4-2-1-3-5-11/h1-9,15-16,20H,10H2,(H2,19,21)/p+1/t15-/m0/s1. The molecule has 0 radical (unpaired) electrons. The van der Waals surface area contributed by atoms with Crippen LogP contribution in [0.25, 0.3) is 0 Å². The Hall–Kier alpha value is -2.47. The van der Waals surface area contributed by atoms with Gasteiger partial charge in [0.25, 0.3) is 5.91 Å². The smallest absolute Gasteiger partial charge is 0.387 e. The van der Waals surface area contributed by atoms with Crippen LogP contribution in [0.2, 0.25) is 0 Å². The molecule has 0 bridgehead atoms. The van der Waals surface area contributed by atoms with Crippen LogP contribution >= 0.6 is 0 Å². The fourth-order valence-electron chi connectivity index (χ4n) is 2.22. The molecular formula is C16H17F2N2O2+. The molecule has 2 rings (SSSR count). The topological polar surface area (TPSA) is 68.9 Å². The number of halogens is 2. The van der Waals surface area contributed by atoms with Gasteiger partial charge in [-0.25, -0.2) is 0 Å². The van der Waals surface area contributed by atoms with Crippen molar-refractivity contribution in [1.29, 1.82) is 0 Å². The van der Waals surface area contributed by atoms with Crippen LogP contribution in [0.5, 0.6) is 5.75 Å². The van der Waals surface area contributed by atoms with Gasteiger partial charge in [0.1, 0.15) is 11.8 Å². The van der Waals surface area contributed by atoms with Crippen molar-refractivity contribution >= 4 is 5.91 Å². The molecule has 2 aromatic rings. The van der Waals surface area contributed by atoms with Crippen molar-refractivity contribution in [2.45, 2.75) is 12.7 Å². The summed E-state index contributed by atoms with van der Waals surface area (Å²) in [4.78, 5) is 11.0. The van der Waals surface area contributed by atoms with Gasteiger partial charge >= 0.3 is 6.61 Å². The van der Waals surface area contributed by atoms with Crippen molar-refractivity contribution in [3.63, 3.8) is 0 Å². The summed E-state index contributed by atoms with van der Waals surface area (Å²) in [6.45, 7) is -2.72. The van der Waals surface area contributed by atoms with E-state index in [9.17, 15) is 13.6 Å². The normalized spacial score (nSPS) is 12.1. The third-order valence-electron chi connectivity index (χ3n) is 3.18. The molecule has 0 spiro atoms. The molecule has 0 aliphatic carbocycles. The maximum atomic E-state index is 12.2. The van der Waals surface area contributed by atoms with Gasteiger partial charge in [-0.15, -0.1) is 0 Å². The molecule has 0 aliphatic rings. The summed E-state index contributed by atoms with van der Waals surface area (Å²) < 4.78 is 28.7. The number of hydrogen-bond acceptors (Lipinski definition) is 2. The number of rotatable bonds is 7. The Morgan fingerprint density at radius 1 is 1.05 bits per heavy atom. The number of carbonyl (C=O) groups is 1. The van der Waals surface area contributed by atoms with Gasteiger partial charge in [0.2, 0.25) is 0 Å². The summed E-state index contributed by atoms with van der Waals surface area (Å²) in [5.41, 5.74) is 7.06. The lowest BCUT2D eigenvalue weighted by molar-refractivity contribution is -0.676. The van der Waals surface area contributed by atoms with Gasteiger partial charge in [-0.3, -0.25) is 4.79 Å². The van der Waals surface area contributed by atoms with Gasteiger partial charge in [-0.05, 0) is 24.3 Å². The highest BCUT2D eigenvalue weighted by Crippen LogP contribution is 2.22. The number of ether oxygens (including phenoxy) is 1. The first-order valence-electron chi connectivity index (χ1n) is 6.77. The third kappa shape index (κ3) is 4.53. The van der Waals surface area contributed by atoms with E-state index >= 15 is 0 Å². The lowest BCUT2D eigenvalue weighted by Crippen LogP contribution is -2.87. The molecule has 0 unspecified atom stereocenters. The number of primary amides is 1. The van der Waals surface area contributed by atoms with Gasteiger partial charge in [0, 0.05) is 11.1 Å². The molecule has 1 amide bonds. The van der Waals surface area contributed by atoms with Crippen molar-refractivity contribution in [2.24, 2.45) is 5.73 Å².